The summed E-state index contributed by atoms with van der Waals surface area (Å²) in [6.07, 6.45) is 1.09. The number of anilines is 1. The lowest BCUT2D eigenvalue weighted by atomic mass is 9.77. The maximum absolute atomic E-state index is 12.8. The van der Waals surface area contributed by atoms with Crippen LogP contribution in [0.1, 0.15) is 35.3 Å². The number of esters is 1. The summed E-state index contributed by atoms with van der Waals surface area (Å²) in [5.74, 6) is 1.84. The molecule has 3 aromatic rings. The number of nitrogens with zero attached hydrogens (tertiary/aromatic N) is 3. The number of thiophene rings is 1. The van der Waals surface area contributed by atoms with E-state index in [4.69, 9.17) is 4.74 Å². The highest BCUT2D eigenvalue weighted by molar-refractivity contribution is 7.18. The maximum atomic E-state index is 12.8. The molecule has 3 aliphatic rings. The Morgan fingerprint density at radius 2 is 2.06 bits per heavy atom. The van der Waals surface area contributed by atoms with E-state index in [0.717, 1.165) is 66.9 Å². The van der Waals surface area contributed by atoms with Gasteiger partial charge in [0, 0.05) is 28.9 Å². The van der Waals surface area contributed by atoms with E-state index in [9.17, 15) is 18.0 Å². The fraction of sp³-hybridized carbons (Fsp3) is 0.458. The van der Waals surface area contributed by atoms with Crippen LogP contribution in [-0.4, -0.2) is 35.2 Å². The van der Waals surface area contributed by atoms with Crippen LogP contribution in [0.5, 0.6) is 5.75 Å². The lowest BCUT2D eigenvalue weighted by Crippen LogP contribution is -2.55. The fourth-order valence-electron chi connectivity index (χ4n) is 5.78. The normalized spacial score (nSPS) is 21.5. The van der Waals surface area contributed by atoms with Gasteiger partial charge in [-0.25, -0.2) is 9.97 Å². The van der Waals surface area contributed by atoms with Crippen LogP contribution in [0.15, 0.2) is 30.6 Å². The fourth-order valence-corrected chi connectivity index (χ4v) is 6.80. The molecule has 5 nitrogen and oxygen atoms in total. The summed E-state index contributed by atoms with van der Waals surface area (Å²) in [7, 11) is 0. The Balaban J connectivity index is 1.12. The van der Waals surface area contributed by atoms with Crippen LogP contribution >= 0.6 is 11.3 Å². The minimum atomic E-state index is -4.23. The summed E-state index contributed by atoms with van der Waals surface area (Å²) in [5, 5.41) is 0.723. The van der Waals surface area contributed by atoms with Crippen LogP contribution < -0.4 is 9.64 Å². The average Bonchev–Trinajstić information content (AvgIpc) is 3.40. The van der Waals surface area contributed by atoms with Crippen LogP contribution in [0.2, 0.25) is 0 Å². The molecular weight excluding hydrogens is 451 g/mol. The van der Waals surface area contributed by atoms with Crippen molar-refractivity contribution in [3.05, 3.63) is 46.6 Å². The zero-order valence-electron chi connectivity index (χ0n) is 17.8. The van der Waals surface area contributed by atoms with Crippen molar-refractivity contribution in [1.82, 2.24) is 9.97 Å². The largest absolute Gasteiger partial charge is 0.426 e. The number of halogens is 3. The third kappa shape index (κ3) is 3.96. The van der Waals surface area contributed by atoms with Crippen molar-refractivity contribution in [1.29, 1.82) is 0 Å². The molecule has 1 atom stereocenters. The first-order chi connectivity index (χ1) is 15.8. The van der Waals surface area contributed by atoms with Gasteiger partial charge < -0.3 is 9.64 Å². The highest BCUT2D eigenvalue weighted by atomic mass is 32.1. The second-order valence-electron chi connectivity index (χ2n) is 9.68. The molecule has 0 amide bonds. The molecule has 1 aliphatic carbocycles. The second kappa shape index (κ2) is 7.41. The molecule has 1 saturated heterocycles. The number of alkyl halides is 3. The maximum Gasteiger partial charge on any atom is 0.393 e. The van der Waals surface area contributed by atoms with Gasteiger partial charge in [0.1, 0.15) is 22.7 Å². The smallest absolute Gasteiger partial charge is 0.393 e. The summed E-state index contributed by atoms with van der Waals surface area (Å²) < 4.78 is 43.7. The first kappa shape index (κ1) is 20.9. The quantitative estimate of drug-likeness (QED) is 0.390. The SMILES string of the molecule is O=C1Cc2cc(C[C@@H]3CCC4(C3)CN(c3ncnc5sc(CC(F)(F)F)cc35)C4)ccc2O1. The summed E-state index contributed by atoms with van der Waals surface area (Å²) in [5.41, 5.74) is 2.48. The van der Waals surface area contributed by atoms with E-state index in [0.29, 0.717) is 22.9 Å². The van der Waals surface area contributed by atoms with Gasteiger partial charge in [0.25, 0.3) is 0 Å². The summed E-state index contributed by atoms with van der Waals surface area (Å²) in [4.78, 5) is 23.2. The molecule has 0 unspecified atom stereocenters. The molecule has 9 heteroatoms. The van der Waals surface area contributed by atoms with Gasteiger partial charge in [-0.3, -0.25) is 4.79 Å². The van der Waals surface area contributed by atoms with Crippen molar-refractivity contribution in [3.63, 3.8) is 0 Å². The second-order valence-corrected chi connectivity index (χ2v) is 10.8. The monoisotopic (exact) mass is 473 g/mol. The first-order valence-electron chi connectivity index (χ1n) is 11.1. The third-order valence-corrected chi connectivity index (χ3v) is 8.14. The minimum Gasteiger partial charge on any atom is -0.426 e. The van der Waals surface area contributed by atoms with Gasteiger partial charge in [0.15, 0.2) is 0 Å². The molecular formula is C24H22F3N3O2S. The first-order valence-corrected chi connectivity index (χ1v) is 11.9. The van der Waals surface area contributed by atoms with Crippen LogP contribution in [0.3, 0.4) is 0 Å². The van der Waals surface area contributed by atoms with Crippen LogP contribution in [-0.2, 0) is 24.1 Å². The molecule has 172 valence electrons. The summed E-state index contributed by atoms with van der Waals surface area (Å²) in [6.45, 7) is 1.76. The molecule has 33 heavy (non-hydrogen) atoms. The lowest BCUT2D eigenvalue weighted by molar-refractivity contribution is -0.132. The Morgan fingerprint density at radius 1 is 1.21 bits per heavy atom. The number of carbonyl (C=O) groups excluding carboxylic acids is 1. The van der Waals surface area contributed by atoms with E-state index in [1.165, 1.54) is 11.9 Å². The molecule has 1 aromatic carbocycles. The van der Waals surface area contributed by atoms with Crippen molar-refractivity contribution < 1.29 is 22.7 Å². The van der Waals surface area contributed by atoms with Crippen LogP contribution in [0.4, 0.5) is 19.0 Å². The van der Waals surface area contributed by atoms with Gasteiger partial charge in [0.2, 0.25) is 0 Å². The summed E-state index contributed by atoms with van der Waals surface area (Å²) in [6, 6.07) is 7.67. The zero-order valence-corrected chi connectivity index (χ0v) is 18.6. The number of rotatable bonds is 4. The molecule has 0 N–H and O–H groups in total. The topological polar surface area (TPSA) is 55.3 Å². The number of hydrogen-bond acceptors (Lipinski definition) is 6. The third-order valence-electron chi connectivity index (χ3n) is 7.10. The highest BCUT2D eigenvalue weighted by Gasteiger charge is 2.48. The van der Waals surface area contributed by atoms with E-state index in [1.807, 2.05) is 6.07 Å². The van der Waals surface area contributed by atoms with Gasteiger partial charge in [-0.1, -0.05) is 12.1 Å². The number of carbonyl (C=O) groups is 1. The molecule has 6 rings (SSSR count). The Morgan fingerprint density at radius 3 is 2.88 bits per heavy atom. The molecule has 0 bridgehead atoms. The standard InChI is InChI=1S/C24H22F3N3O2S/c25-24(26,27)10-17-8-18-21(28-13-29-22(18)33-17)30-11-23(12-30)4-3-15(9-23)5-14-1-2-19-16(6-14)7-20(31)32-19/h1-2,6,8,13,15H,3-5,7,9-12H2/t15-/m0/s1. The van der Waals surface area contributed by atoms with Gasteiger partial charge in [-0.15, -0.1) is 11.3 Å². The van der Waals surface area contributed by atoms with E-state index in [-0.39, 0.29) is 16.3 Å². The minimum absolute atomic E-state index is 0.188. The van der Waals surface area contributed by atoms with Gasteiger partial charge in [-0.05, 0) is 49.3 Å². The Kier molecular flexibility index (Phi) is 4.69. The molecule has 2 aromatic heterocycles. The van der Waals surface area contributed by atoms with E-state index in [1.54, 1.807) is 6.07 Å². The number of ether oxygens (including phenoxy) is 1. The predicted molar refractivity (Wildman–Crippen MR) is 119 cm³/mol. The Labute approximate surface area is 192 Å². The number of aromatic nitrogens is 2. The van der Waals surface area contributed by atoms with Gasteiger partial charge >= 0.3 is 12.1 Å². The summed E-state index contributed by atoms with van der Waals surface area (Å²) >= 11 is 1.10. The number of fused-ring (bicyclic) bond motifs is 2. The average molecular weight is 474 g/mol. The highest BCUT2D eigenvalue weighted by Crippen LogP contribution is 2.51. The van der Waals surface area contributed by atoms with Crippen molar-refractivity contribution >= 4 is 33.3 Å². The van der Waals surface area contributed by atoms with Gasteiger partial charge in [-0.2, -0.15) is 13.2 Å². The van der Waals surface area contributed by atoms with Gasteiger partial charge in [0.05, 0.1) is 18.2 Å². The molecule has 0 radical (unpaired) electrons. The molecule has 4 heterocycles. The van der Waals surface area contributed by atoms with Crippen molar-refractivity contribution in [2.45, 2.75) is 44.7 Å². The van der Waals surface area contributed by atoms with Crippen molar-refractivity contribution in [2.75, 3.05) is 18.0 Å². The Bertz CT molecular complexity index is 1250. The molecule has 2 fully saturated rings. The van der Waals surface area contributed by atoms with E-state index < -0.39 is 12.6 Å². The van der Waals surface area contributed by atoms with E-state index in [2.05, 4.69) is 27.0 Å². The zero-order chi connectivity index (χ0) is 22.8. The lowest BCUT2D eigenvalue weighted by Gasteiger charge is -2.49. The number of benzene rings is 1. The van der Waals surface area contributed by atoms with Crippen molar-refractivity contribution in [3.8, 4) is 5.75 Å². The van der Waals surface area contributed by atoms with Crippen molar-refractivity contribution in [2.24, 2.45) is 11.3 Å². The number of hydrogen-bond donors (Lipinski definition) is 0. The van der Waals surface area contributed by atoms with Crippen LogP contribution in [0.25, 0.3) is 10.2 Å². The predicted octanol–water partition coefficient (Wildman–Crippen LogP) is 5.11. The molecule has 1 saturated carbocycles. The molecule has 2 aliphatic heterocycles. The Hall–Kier alpha value is -2.68. The van der Waals surface area contributed by atoms with Crippen LogP contribution in [0, 0.1) is 11.3 Å². The van der Waals surface area contributed by atoms with E-state index >= 15 is 0 Å². The molecule has 1 spiro atoms.